The lowest BCUT2D eigenvalue weighted by molar-refractivity contribution is 0.193. The summed E-state index contributed by atoms with van der Waals surface area (Å²) in [6, 6.07) is 16.9. The molecule has 0 spiro atoms. The van der Waals surface area contributed by atoms with Crippen molar-refractivity contribution in [2.24, 2.45) is 0 Å². The molecule has 0 aliphatic carbocycles. The van der Waals surface area contributed by atoms with Gasteiger partial charge in [0.25, 0.3) is 0 Å². The van der Waals surface area contributed by atoms with Crippen LogP contribution < -0.4 is 10.1 Å². The lowest BCUT2D eigenvalue weighted by atomic mass is 9.92. The molecule has 2 N–H and O–H groups in total. The molecule has 0 unspecified atom stereocenters. The van der Waals surface area contributed by atoms with Gasteiger partial charge < -0.3 is 19.9 Å². The van der Waals surface area contributed by atoms with E-state index in [9.17, 15) is 13.6 Å². The molecule has 1 aliphatic rings. The normalized spacial score (nSPS) is 15.5. The minimum Gasteiger partial charge on any atom is -0.497 e. The third kappa shape index (κ3) is 3.56. The van der Waals surface area contributed by atoms with Gasteiger partial charge in [-0.15, -0.1) is 0 Å². The number of benzene rings is 3. The highest BCUT2D eigenvalue weighted by atomic mass is 19.1. The molecule has 2 amide bonds. The van der Waals surface area contributed by atoms with Crippen molar-refractivity contribution in [2.75, 3.05) is 19.0 Å². The van der Waals surface area contributed by atoms with Crippen LogP contribution in [0.2, 0.25) is 0 Å². The van der Waals surface area contributed by atoms with Crippen LogP contribution in [-0.4, -0.2) is 29.6 Å². The quantitative estimate of drug-likeness (QED) is 0.440. The number of urea groups is 1. The van der Waals surface area contributed by atoms with Crippen molar-refractivity contribution in [3.8, 4) is 5.75 Å². The molecule has 0 fully saturated rings. The Morgan fingerprint density at radius 3 is 2.62 bits per heavy atom. The zero-order valence-electron chi connectivity index (χ0n) is 17.4. The fourth-order valence-electron chi connectivity index (χ4n) is 4.37. The summed E-state index contributed by atoms with van der Waals surface area (Å²) in [5.74, 6) is -0.0192. The Hall–Kier alpha value is -3.87. The summed E-state index contributed by atoms with van der Waals surface area (Å²) in [6.07, 6.45) is 0.636. The molecule has 4 aromatic rings. The molecule has 5 rings (SSSR count). The standard InChI is InChI=1S/C25H21F2N3O2/c1-32-19-9-10-22-21(14-19)20-11-12-30(25(31)28-18-4-2-3-17(27)13-18)24(23(20)29-22)15-5-7-16(26)8-6-15/h2-10,13-14,24,29H,11-12H2,1H3,(H,28,31)/t24-/m1/s1. The van der Waals surface area contributed by atoms with Crippen LogP contribution in [0.1, 0.15) is 22.9 Å². The van der Waals surface area contributed by atoms with E-state index < -0.39 is 11.9 Å². The largest absolute Gasteiger partial charge is 0.497 e. The number of nitrogens with one attached hydrogen (secondary N) is 2. The van der Waals surface area contributed by atoms with E-state index in [0.29, 0.717) is 18.7 Å². The van der Waals surface area contributed by atoms with Crippen LogP contribution in [0.4, 0.5) is 19.3 Å². The van der Waals surface area contributed by atoms with Gasteiger partial charge in [-0.3, -0.25) is 0 Å². The van der Waals surface area contributed by atoms with Crippen molar-refractivity contribution in [3.05, 3.63) is 95.2 Å². The first-order chi connectivity index (χ1) is 15.5. The molecule has 7 heteroatoms. The van der Waals surface area contributed by atoms with Gasteiger partial charge in [-0.2, -0.15) is 0 Å². The minimum absolute atomic E-state index is 0.345. The first kappa shape index (κ1) is 20.1. The summed E-state index contributed by atoms with van der Waals surface area (Å²) in [6.45, 7) is 0.445. The number of carbonyl (C=O) groups is 1. The predicted molar refractivity (Wildman–Crippen MR) is 119 cm³/mol. The van der Waals surface area contributed by atoms with Gasteiger partial charge >= 0.3 is 6.03 Å². The number of carbonyl (C=O) groups excluding carboxylic acids is 1. The van der Waals surface area contributed by atoms with Gasteiger partial charge in [0, 0.05) is 28.8 Å². The number of halogens is 2. The van der Waals surface area contributed by atoms with Gasteiger partial charge in [-0.05, 0) is 66.1 Å². The third-order valence-electron chi connectivity index (χ3n) is 5.86. The monoisotopic (exact) mass is 433 g/mol. The minimum atomic E-state index is -0.452. The van der Waals surface area contributed by atoms with E-state index in [4.69, 9.17) is 4.74 Å². The van der Waals surface area contributed by atoms with Crippen LogP contribution in [0.5, 0.6) is 5.75 Å². The summed E-state index contributed by atoms with van der Waals surface area (Å²) in [7, 11) is 1.63. The van der Waals surface area contributed by atoms with E-state index in [-0.39, 0.29) is 11.8 Å². The molecule has 1 aliphatic heterocycles. The van der Waals surface area contributed by atoms with Crippen molar-refractivity contribution in [2.45, 2.75) is 12.5 Å². The van der Waals surface area contributed by atoms with Crippen molar-refractivity contribution in [3.63, 3.8) is 0 Å². The van der Waals surface area contributed by atoms with E-state index >= 15 is 0 Å². The van der Waals surface area contributed by atoms with Crippen molar-refractivity contribution in [1.29, 1.82) is 0 Å². The fraction of sp³-hybridized carbons (Fsp3) is 0.160. The van der Waals surface area contributed by atoms with Gasteiger partial charge in [-0.1, -0.05) is 18.2 Å². The van der Waals surface area contributed by atoms with Crippen LogP contribution in [-0.2, 0) is 6.42 Å². The van der Waals surface area contributed by atoms with Crippen molar-refractivity contribution >= 4 is 22.6 Å². The number of fused-ring (bicyclic) bond motifs is 3. The van der Waals surface area contributed by atoms with Crippen molar-refractivity contribution < 1.29 is 18.3 Å². The number of anilines is 1. The van der Waals surface area contributed by atoms with Gasteiger partial charge in [0.15, 0.2) is 0 Å². The number of methoxy groups -OCH3 is 1. The second-order valence-electron chi connectivity index (χ2n) is 7.77. The number of aromatic amines is 1. The first-order valence-electron chi connectivity index (χ1n) is 10.3. The highest BCUT2D eigenvalue weighted by Gasteiger charge is 2.34. The molecule has 162 valence electrons. The number of rotatable bonds is 3. The van der Waals surface area contributed by atoms with Crippen LogP contribution in [0.3, 0.4) is 0 Å². The molecular formula is C25H21F2N3O2. The van der Waals surface area contributed by atoms with E-state index in [1.807, 2.05) is 18.2 Å². The third-order valence-corrected chi connectivity index (χ3v) is 5.86. The van der Waals surface area contributed by atoms with Crippen molar-refractivity contribution in [1.82, 2.24) is 9.88 Å². The summed E-state index contributed by atoms with van der Waals surface area (Å²) < 4.78 is 32.6. The lowest BCUT2D eigenvalue weighted by Crippen LogP contribution is -2.43. The summed E-state index contributed by atoms with van der Waals surface area (Å²) >= 11 is 0. The van der Waals surface area contributed by atoms with E-state index in [0.717, 1.165) is 33.5 Å². The number of hydrogen-bond acceptors (Lipinski definition) is 2. The fourth-order valence-corrected chi connectivity index (χ4v) is 4.37. The molecule has 0 radical (unpaired) electrons. The molecule has 0 saturated carbocycles. The molecule has 3 aromatic carbocycles. The highest BCUT2D eigenvalue weighted by molar-refractivity contribution is 5.92. The Balaban J connectivity index is 1.58. The first-order valence-corrected chi connectivity index (χ1v) is 10.3. The molecule has 5 nitrogen and oxygen atoms in total. The molecule has 32 heavy (non-hydrogen) atoms. The molecule has 0 saturated heterocycles. The Kier molecular flexibility index (Phi) is 5.01. The van der Waals surface area contributed by atoms with Crippen LogP contribution >= 0.6 is 0 Å². The number of H-pyrrole nitrogens is 1. The molecule has 0 bridgehead atoms. The summed E-state index contributed by atoms with van der Waals surface area (Å²) in [5, 5.41) is 3.82. The maximum atomic E-state index is 13.6. The smallest absolute Gasteiger partial charge is 0.322 e. The zero-order chi connectivity index (χ0) is 22.2. The lowest BCUT2D eigenvalue weighted by Gasteiger charge is -2.36. The average molecular weight is 433 g/mol. The second-order valence-corrected chi connectivity index (χ2v) is 7.77. The van der Waals surface area contributed by atoms with Crippen LogP contribution in [0.15, 0.2) is 66.7 Å². The van der Waals surface area contributed by atoms with Gasteiger partial charge in [0.1, 0.15) is 17.4 Å². The SMILES string of the molecule is COc1ccc2[nH]c3c(c2c1)CCN(C(=O)Nc1cccc(F)c1)[C@@H]3c1ccc(F)cc1. The van der Waals surface area contributed by atoms with E-state index in [1.54, 1.807) is 36.3 Å². The molecular weight excluding hydrogens is 412 g/mol. The zero-order valence-corrected chi connectivity index (χ0v) is 17.4. The van der Waals surface area contributed by atoms with E-state index in [1.165, 1.54) is 24.3 Å². The van der Waals surface area contributed by atoms with Gasteiger partial charge in [0.05, 0.1) is 13.2 Å². The van der Waals surface area contributed by atoms with Crippen LogP contribution in [0.25, 0.3) is 10.9 Å². The number of amides is 2. The van der Waals surface area contributed by atoms with Gasteiger partial charge in [-0.25, -0.2) is 13.6 Å². The highest BCUT2D eigenvalue weighted by Crippen LogP contribution is 2.39. The summed E-state index contributed by atoms with van der Waals surface area (Å²) in [5.41, 5.74) is 4.07. The van der Waals surface area contributed by atoms with Crippen LogP contribution in [0, 0.1) is 11.6 Å². The topological polar surface area (TPSA) is 57.4 Å². The molecule has 1 atom stereocenters. The number of ether oxygens (including phenoxy) is 1. The Labute approximate surface area is 183 Å². The summed E-state index contributed by atoms with van der Waals surface area (Å²) in [4.78, 5) is 18.4. The Morgan fingerprint density at radius 2 is 1.88 bits per heavy atom. The number of nitrogens with zero attached hydrogens (tertiary/aromatic N) is 1. The number of aromatic nitrogens is 1. The van der Waals surface area contributed by atoms with Gasteiger partial charge in [0.2, 0.25) is 0 Å². The maximum Gasteiger partial charge on any atom is 0.322 e. The maximum absolute atomic E-state index is 13.6. The molecule has 1 aromatic heterocycles. The second kappa shape index (κ2) is 8.00. The van der Waals surface area contributed by atoms with E-state index in [2.05, 4.69) is 10.3 Å². The average Bonchev–Trinajstić information content (AvgIpc) is 3.17. The number of hydrogen-bond donors (Lipinski definition) is 2. The Bertz CT molecular complexity index is 1300. The Morgan fingerprint density at radius 1 is 1.06 bits per heavy atom. The predicted octanol–water partition coefficient (Wildman–Crippen LogP) is 5.63. The molecule has 2 heterocycles.